The molecular formula is C51H33N3. The quantitative estimate of drug-likeness (QED) is 0.175. The molecule has 1 aromatic heterocycles. The summed E-state index contributed by atoms with van der Waals surface area (Å²) in [4.78, 5) is 15.0. The first-order chi connectivity index (χ1) is 26.7. The highest BCUT2D eigenvalue weighted by molar-refractivity contribution is 6.05. The molecule has 0 amide bonds. The SMILES string of the molecule is c1ccc(-c2nc(-c3ccccc3)nc(-c3ccc(-c4ccc5cc(-c6cccc(-c7ccc8ccccc8c7)c6)ccc5c4)c4ccccc34)n2)cc1. The molecule has 0 aliphatic carbocycles. The summed E-state index contributed by atoms with van der Waals surface area (Å²) in [5, 5.41) is 7.17. The molecule has 0 N–H and O–H groups in total. The van der Waals surface area contributed by atoms with Crippen molar-refractivity contribution in [2.45, 2.75) is 0 Å². The van der Waals surface area contributed by atoms with E-state index in [1.165, 1.54) is 54.9 Å². The van der Waals surface area contributed by atoms with Crippen molar-refractivity contribution < 1.29 is 0 Å². The first-order valence-corrected chi connectivity index (χ1v) is 18.3. The highest BCUT2D eigenvalue weighted by Gasteiger charge is 2.16. The largest absolute Gasteiger partial charge is 0.208 e. The first-order valence-electron chi connectivity index (χ1n) is 18.3. The lowest BCUT2D eigenvalue weighted by Gasteiger charge is -2.14. The van der Waals surface area contributed by atoms with Gasteiger partial charge in [0.25, 0.3) is 0 Å². The van der Waals surface area contributed by atoms with E-state index in [2.05, 4.69) is 140 Å². The molecule has 0 aliphatic heterocycles. The van der Waals surface area contributed by atoms with Gasteiger partial charge in [-0.3, -0.25) is 0 Å². The van der Waals surface area contributed by atoms with E-state index >= 15 is 0 Å². The van der Waals surface area contributed by atoms with Crippen molar-refractivity contribution in [3.8, 4) is 67.5 Å². The smallest absolute Gasteiger partial charge is 0.164 e. The lowest BCUT2D eigenvalue weighted by molar-refractivity contribution is 1.08. The van der Waals surface area contributed by atoms with Crippen LogP contribution < -0.4 is 0 Å². The van der Waals surface area contributed by atoms with Crippen LogP contribution in [0.4, 0.5) is 0 Å². The van der Waals surface area contributed by atoms with E-state index in [-0.39, 0.29) is 0 Å². The second-order valence-corrected chi connectivity index (χ2v) is 13.7. The average Bonchev–Trinajstić information content (AvgIpc) is 3.26. The van der Waals surface area contributed by atoms with Crippen LogP contribution in [-0.2, 0) is 0 Å². The molecule has 0 spiro atoms. The summed E-state index contributed by atoms with van der Waals surface area (Å²) in [5.74, 6) is 1.96. The number of rotatable bonds is 6. The minimum absolute atomic E-state index is 0.654. The normalized spacial score (nSPS) is 11.3. The number of hydrogen-bond donors (Lipinski definition) is 0. The van der Waals surface area contributed by atoms with E-state index in [0.29, 0.717) is 17.5 Å². The monoisotopic (exact) mass is 687 g/mol. The number of benzene rings is 9. The van der Waals surface area contributed by atoms with E-state index in [4.69, 9.17) is 15.0 Å². The van der Waals surface area contributed by atoms with Gasteiger partial charge >= 0.3 is 0 Å². The summed E-state index contributed by atoms with van der Waals surface area (Å²) in [6, 6.07) is 70.8. The van der Waals surface area contributed by atoms with Crippen LogP contribution in [0.25, 0.3) is 99.9 Å². The van der Waals surface area contributed by atoms with Crippen molar-refractivity contribution in [1.29, 1.82) is 0 Å². The maximum Gasteiger partial charge on any atom is 0.164 e. The molecule has 252 valence electrons. The van der Waals surface area contributed by atoms with Crippen molar-refractivity contribution in [3.63, 3.8) is 0 Å². The summed E-state index contributed by atoms with van der Waals surface area (Å²) in [7, 11) is 0. The van der Waals surface area contributed by atoms with Crippen LogP contribution >= 0.6 is 0 Å². The predicted molar refractivity (Wildman–Crippen MR) is 225 cm³/mol. The molecule has 10 aromatic rings. The molecule has 0 atom stereocenters. The molecule has 54 heavy (non-hydrogen) atoms. The van der Waals surface area contributed by atoms with Gasteiger partial charge in [-0.05, 0) is 96.0 Å². The van der Waals surface area contributed by atoms with E-state index in [9.17, 15) is 0 Å². The standard InChI is InChI=1S/C51H33N3/c1-3-13-35(14-4-1)49-52-50(36-15-5-2-6-16-36)54-51(53-49)48-29-28-45(46-20-9-10-21-47(46)48)44-27-26-42-32-41(24-25-43(42)33-44)39-19-11-18-38(31-39)40-23-22-34-12-7-8-17-37(34)30-40/h1-33H. The number of fused-ring (bicyclic) bond motifs is 3. The van der Waals surface area contributed by atoms with Crippen LogP contribution in [0.2, 0.25) is 0 Å². The highest BCUT2D eigenvalue weighted by Crippen LogP contribution is 2.38. The number of hydrogen-bond acceptors (Lipinski definition) is 3. The molecule has 0 saturated heterocycles. The number of aromatic nitrogens is 3. The first kappa shape index (κ1) is 31.5. The third kappa shape index (κ3) is 5.88. The minimum atomic E-state index is 0.654. The molecule has 10 rings (SSSR count). The van der Waals surface area contributed by atoms with Crippen molar-refractivity contribution in [3.05, 3.63) is 200 Å². The summed E-state index contributed by atoms with van der Waals surface area (Å²) < 4.78 is 0. The third-order valence-corrected chi connectivity index (χ3v) is 10.3. The van der Waals surface area contributed by atoms with Gasteiger partial charge in [0.05, 0.1) is 0 Å². The molecule has 0 bridgehead atoms. The lowest BCUT2D eigenvalue weighted by Crippen LogP contribution is -2.00. The summed E-state index contributed by atoms with van der Waals surface area (Å²) in [5.41, 5.74) is 10.1. The van der Waals surface area contributed by atoms with Gasteiger partial charge in [0.2, 0.25) is 0 Å². The van der Waals surface area contributed by atoms with E-state index in [1.54, 1.807) is 0 Å². The molecule has 0 aliphatic rings. The molecule has 0 radical (unpaired) electrons. The highest BCUT2D eigenvalue weighted by atomic mass is 15.0. The summed E-state index contributed by atoms with van der Waals surface area (Å²) in [6.07, 6.45) is 0. The molecule has 3 heteroatoms. The molecule has 1 heterocycles. The number of nitrogens with zero attached hydrogens (tertiary/aromatic N) is 3. The van der Waals surface area contributed by atoms with Gasteiger partial charge in [-0.2, -0.15) is 0 Å². The van der Waals surface area contributed by atoms with Crippen LogP contribution in [0.5, 0.6) is 0 Å². The summed E-state index contributed by atoms with van der Waals surface area (Å²) in [6.45, 7) is 0. The van der Waals surface area contributed by atoms with Crippen molar-refractivity contribution in [2.75, 3.05) is 0 Å². The lowest BCUT2D eigenvalue weighted by atomic mass is 9.92. The molecule has 3 nitrogen and oxygen atoms in total. The molecule has 0 fully saturated rings. The topological polar surface area (TPSA) is 38.7 Å². The van der Waals surface area contributed by atoms with Crippen LogP contribution in [0.1, 0.15) is 0 Å². The van der Waals surface area contributed by atoms with Gasteiger partial charge in [0.1, 0.15) is 0 Å². The Morgan fingerprint density at radius 2 is 0.630 bits per heavy atom. The zero-order valence-corrected chi connectivity index (χ0v) is 29.4. The van der Waals surface area contributed by atoms with Gasteiger partial charge in [-0.25, -0.2) is 15.0 Å². The van der Waals surface area contributed by atoms with Crippen LogP contribution in [-0.4, -0.2) is 15.0 Å². The maximum absolute atomic E-state index is 5.04. The van der Waals surface area contributed by atoms with Gasteiger partial charge in [-0.1, -0.05) is 170 Å². The fourth-order valence-corrected chi connectivity index (χ4v) is 7.51. The predicted octanol–water partition coefficient (Wildman–Crippen LogP) is 13.3. The Labute approximate surface area is 313 Å². The Kier molecular flexibility index (Phi) is 7.81. The Morgan fingerprint density at radius 3 is 1.26 bits per heavy atom. The fraction of sp³-hybridized carbons (Fsp3) is 0. The zero-order chi connectivity index (χ0) is 35.8. The van der Waals surface area contributed by atoms with Gasteiger partial charge in [0, 0.05) is 16.7 Å². The Morgan fingerprint density at radius 1 is 0.222 bits per heavy atom. The van der Waals surface area contributed by atoms with Crippen LogP contribution in [0.15, 0.2) is 200 Å². The van der Waals surface area contributed by atoms with Crippen molar-refractivity contribution in [1.82, 2.24) is 15.0 Å². The maximum atomic E-state index is 5.04. The van der Waals surface area contributed by atoms with Crippen molar-refractivity contribution >= 4 is 32.3 Å². The van der Waals surface area contributed by atoms with Crippen LogP contribution in [0, 0.1) is 0 Å². The van der Waals surface area contributed by atoms with E-state index < -0.39 is 0 Å². The van der Waals surface area contributed by atoms with Crippen molar-refractivity contribution in [2.24, 2.45) is 0 Å². The molecule has 9 aromatic carbocycles. The summed E-state index contributed by atoms with van der Waals surface area (Å²) >= 11 is 0. The van der Waals surface area contributed by atoms with Crippen LogP contribution in [0.3, 0.4) is 0 Å². The third-order valence-electron chi connectivity index (χ3n) is 10.3. The van der Waals surface area contributed by atoms with Gasteiger partial charge in [-0.15, -0.1) is 0 Å². The van der Waals surface area contributed by atoms with Gasteiger partial charge < -0.3 is 0 Å². The second-order valence-electron chi connectivity index (χ2n) is 13.7. The van der Waals surface area contributed by atoms with Gasteiger partial charge in [0.15, 0.2) is 17.5 Å². The molecular weight excluding hydrogens is 655 g/mol. The molecule has 0 unspecified atom stereocenters. The second kappa shape index (κ2) is 13.4. The van der Waals surface area contributed by atoms with E-state index in [1.807, 2.05) is 60.7 Å². The zero-order valence-electron chi connectivity index (χ0n) is 29.4. The van der Waals surface area contributed by atoms with E-state index in [0.717, 1.165) is 27.5 Å². The fourth-order valence-electron chi connectivity index (χ4n) is 7.51. The Balaban J connectivity index is 1.02. The minimum Gasteiger partial charge on any atom is -0.208 e. The Hall–Kier alpha value is -7.23. The average molecular weight is 688 g/mol. The molecule has 0 saturated carbocycles. The Bertz CT molecular complexity index is 2930.